The van der Waals surface area contributed by atoms with E-state index in [1.54, 1.807) is 4.57 Å². The summed E-state index contributed by atoms with van der Waals surface area (Å²) in [5.41, 5.74) is 1.29. The van der Waals surface area contributed by atoms with Crippen molar-refractivity contribution in [1.29, 1.82) is 0 Å². The molecule has 0 saturated heterocycles. The fourth-order valence-corrected chi connectivity index (χ4v) is 3.45. The molecule has 1 aliphatic rings. The zero-order valence-corrected chi connectivity index (χ0v) is 13.3. The van der Waals surface area contributed by atoms with Crippen LogP contribution in [0.4, 0.5) is 5.82 Å². The number of benzene rings is 1. The number of hydrogen-bond donors (Lipinski definition) is 1. The van der Waals surface area contributed by atoms with Crippen molar-refractivity contribution in [1.82, 2.24) is 9.55 Å². The first-order chi connectivity index (χ1) is 10.6. The lowest BCUT2D eigenvalue weighted by Gasteiger charge is -2.27. The predicted molar refractivity (Wildman–Crippen MR) is 87.4 cm³/mol. The maximum Gasteiger partial charge on any atom is 0.279 e. The van der Waals surface area contributed by atoms with Gasteiger partial charge in [-0.05, 0) is 11.3 Å². The van der Waals surface area contributed by atoms with Gasteiger partial charge < -0.3 is 9.88 Å². The normalized spacial score (nSPS) is 17.0. The second kappa shape index (κ2) is 5.96. The van der Waals surface area contributed by atoms with Gasteiger partial charge >= 0.3 is 0 Å². The maximum atomic E-state index is 12.5. The molecule has 5 nitrogen and oxygen atoms in total. The first-order valence-electron chi connectivity index (χ1n) is 7.20. The minimum absolute atomic E-state index is 0.0741. The third-order valence-corrected chi connectivity index (χ3v) is 4.69. The molecule has 2 heterocycles. The number of carbonyl (C=O) groups is 1. The molecule has 0 spiro atoms. The van der Waals surface area contributed by atoms with Crippen LogP contribution < -0.4 is 10.9 Å². The van der Waals surface area contributed by atoms with Gasteiger partial charge in [-0.2, -0.15) is 4.98 Å². The van der Waals surface area contributed by atoms with E-state index < -0.39 is 0 Å². The minimum atomic E-state index is -0.252. The van der Waals surface area contributed by atoms with Gasteiger partial charge in [0.05, 0.1) is 5.56 Å². The highest BCUT2D eigenvalue weighted by Gasteiger charge is 2.31. The molecule has 0 radical (unpaired) electrons. The van der Waals surface area contributed by atoms with Crippen LogP contribution in [0.5, 0.6) is 0 Å². The third-order valence-electron chi connectivity index (χ3n) is 3.78. The van der Waals surface area contributed by atoms with E-state index in [9.17, 15) is 9.59 Å². The highest BCUT2D eigenvalue weighted by atomic mass is 32.2. The summed E-state index contributed by atoms with van der Waals surface area (Å²) < 4.78 is 1.80. The van der Waals surface area contributed by atoms with Gasteiger partial charge in [0.25, 0.3) is 5.56 Å². The van der Waals surface area contributed by atoms with Crippen LogP contribution in [-0.2, 0) is 11.8 Å². The Labute approximate surface area is 132 Å². The first-order valence-corrected chi connectivity index (χ1v) is 8.19. The summed E-state index contributed by atoms with van der Waals surface area (Å²) in [6.45, 7) is 2.00. The second-order valence-electron chi connectivity index (χ2n) is 5.17. The Balaban J connectivity index is 2.20. The summed E-state index contributed by atoms with van der Waals surface area (Å²) in [6.07, 6.45) is 0.272. The topological polar surface area (TPSA) is 64.0 Å². The molecule has 1 aromatic carbocycles. The third kappa shape index (κ3) is 2.54. The number of fused-ring (bicyclic) bond motifs is 1. The molecule has 1 atom stereocenters. The lowest BCUT2D eigenvalue weighted by molar-refractivity contribution is -0.116. The van der Waals surface area contributed by atoms with Crippen LogP contribution in [0.2, 0.25) is 0 Å². The molecule has 2 aromatic rings. The van der Waals surface area contributed by atoms with Crippen LogP contribution >= 0.6 is 11.8 Å². The molecule has 3 rings (SSSR count). The molecular weight excluding hydrogens is 298 g/mol. The van der Waals surface area contributed by atoms with E-state index in [1.165, 1.54) is 11.8 Å². The van der Waals surface area contributed by atoms with Gasteiger partial charge in [0.1, 0.15) is 5.82 Å². The summed E-state index contributed by atoms with van der Waals surface area (Å²) in [7, 11) is 1.83. The number of nitrogens with zero attached hydrogens (tertiary/aromatic N) is 2. The molecule has 0 saturated carbocycles. The number of rotatable bonds is 3. The van der Waals surface area contributed by atoms with Gasteiger partial charge in [0.2, 0.25) is 5.91 Å². The van der Waals surface area contributed by atoms with Gasteiger partial charge in [-0.15, -0.1) is 0 Å². The van der Waals surface area contributed by atoms with E-state index in [1.807, 2.05) is 44.3 Å². The summed E-state index contributed by atoms with van der Waals surface area (Å²) in [5.74, 6) is 1.07. The lowest BCUT2D eigenvalue weighted by atomic mass is 9.87. The molecule has 114 valence electrons. The van der Waals surface area contributed by atoms with Gasteiger partial charge in [-0.3, -0.25) is 9.59 Å². The van der Waals surface area contributed by atoms with Crippen LogP contribution in [0.15, 0.2) is 40.3 Å². The number of amides is 1. The molecule has 0 unspecified atom stereocenters. The van der Waals surface area contributed by atoms with E-state index in [2.05, 4.69) is 10.3 Å². The minimum Gasteiger partial charge on any atom is -0.312 e. The molecule has 22 heavy (non-hydrogen) atoms. The molecular formula is C16H17N3O2S. The average molecular weight is 315 g/mol. The Morgan fingerprint density at radius 2 is 2.05 bits per heavy atom. The highest BCUT2D eigenvalue weighted by molar-refractivity contribution is 7.99. The van der Waals surface area contributed by atoms with Crippen LogP contribution in [-0.4, -0.2) is 21.2 Å². The second-order valence-corrected chi connectivity index (χ2v) is 6.40. The quantitative estimate of drug-likeness (QED) is 0.697. The lowest BCUT2D eigenvalue weighted by Crippen LogP contribution is -2.33. The summed E-state index contributed by atoms with van der Waals surface area (Å²) >= 11 is 1.49. The fraction of sp³-hybridized carbons (Fsp3) is 0.312. The number of carbonyl (C=O) groups excluding carboxylic acids is 1. The zero-order chi connectivity index (χ0) is 15.7. The smallest absolute Gasteiger partial charge is 0.279 e. The zero-order valence-electron chi connectivity index (χ0n) is 12.5. The molecule has 6 heteroatoms. The average Bonchev–Trinajstić information content (AvgIpc) is 2.52. The van der Waals surface area contributed by atoms with Gasteiger partial charge in [0, 0.05) is 19.4 Å². The van der Waals surface area contributed by atoms with Crippen molar-refractivity contribution in [2.45, 2.75) is 24.4 Å². The molecule has 1 amide bonds. The van der Waals surface area contributed by atoms with E-state index in [0.717, 1.165) is 11.3 Å². The predicted octanol–water partition coefficient (Wildman–Crippen LogP) is 2.37. The van der Waals surface area contributed by atoms with Gasteiger partial charge in [-0.25, -0.2) is 0 Å². The monoisotopic (exact) mass is 315 g/mol. The molecule has 1 aromatic heterocycles. The van der Waals surface area contributed by atoms with Crippen molar-refractivity contribution in [2.24, 2.45) is 7.05 Å². The molecule has 0 fully saturated rings. The summed E-state index contributed by atoms with van der Waals surface area (Å²) in [6, 6.07) is 9.65. The highest BCUT2D eigenvalue weighted by Crippen LogP contribution is 2.35. The van der Waals surface area contributed by atoms with Crippen molar-refractivity contribution >= 4 is 23.5 Å². The van der Waals surface area contributed by atoms with E-state index >= 15 is 0 Å². The van der Waals surface area contributed by atoms with E-state index in [-0.39, 0.29) is 23.8 Å². The standard InChI is InChI=1S/C16H17N3O2S/c1-3-22-16-18-15(21)13-11(10-7-5-4-6-8-10)9-12(20)17-14(13)19(16)2/h4-8,11H,3,9H2,1-2H3,(H,17,20)/t11-/m1/s1. The van der Waals surface area contributed by atoms with Crippen LogP contribution in [0.3, 0.4) is 0 Å². The van der Waals surface area contributed by atoms with Gasteiger partial charge in [-0.1, -0.05) is 49.0 Å². The first kappa shape index (κ1) is 14.8. The SMILES string of the molecule is CCSc1nc(=O)c2c(n1C)NC(=O)C[C@@H]2c1ccccc1. The van der Waals surface area contributed by atoms with Crippen molar-refractivity contribution < 1.29 is 4.79 Å². The largest absolute Gasteiger partial charge is 0.312 e. The van der Waals surface area contributed by atoms with E-state index in [4.69, 9.17) is 0 Å². The number of hydrogen-bond acceptors (Lipinski definition) is 4. The van der Waals surface area contributed by atoms with Crippen molar-refractivity contribution in [2.75, 3.05) is 11.1 Å². The Morgan fingerprint density at radius 3 is 2.73 bits per heavy atom. The van der Waals surface area contributed by atoms with Crippen molar-refractivity contribution in [3.63, 3.8) is 0 Å². The maximum absolute atomic E-state index is 12.5. The Morgan fingerprint density at radius 1 is 1.32 bits per heavy atom. The van der Waals surface area contributed by atoms with Crippen molar-refractivity contribution in [3.05, 3.63) is 51.8 Å². The Kier molecular flexibility index (Phi) is 4.02. The number of anilines is 1. The van der Waals surface area contributed by atoms with Crippen molar-refractivity contribution in [3.8, 4) is 0 Å². The van der Waals surface area contributed by atoms with Gasteiger partial charge in [0.15, 0.2) is 5.16 Å². The number of nitrogens with one attached hydrogen (secondary N) is 1. The molecule has 1 N–H and O–H groups in total. The fourth-order valence-electron chi connectivity index (χ4n) is 2.76. The number of aromatic nitrogens is 2. The molecule has 0 aliphatic carbocycles. The van der Waals surface area contributed by atoms with E-state index in [0.29, 0.717) is 16.5 Å². The van der Waals surface area contributed by atoms with Crippen LogP contribution in [0, 0.1) is 0 Å². The number of thioether (sulfide) groups is 1. The summed E-state index contributed by atoms with van der Waals surface area (Å²) in [4.78, 5) is 28.8. The Bertz CT molecular complexity index is 771. The molecule has 1 aliphatic heterocycles. The Hall–Kier alpha value is -2.08. The van der Waals surface area contributed by atoms with Crippen LogP contribution in [0.25, 0.3) is 0 Å². The summed E-state index contributed by atoms with van der Waals surface area (Å²) in [5, 5.41) is 3.46. The molecule has 0 bridgehead atoms. The van der Waals surface area contributed by atoms with Crippen LogP contribution in [0.1, 0.15) is 30.4 Å².